The Labute approximate surface area is 105 Å². The lowest BCUT2D eigenvalue weighted by Gasteiger charge is -2.31. The standard InChI is InChI=1S/C14H27NO2/c1-10(2)8-11-6-7-12(15-9-11)13(16)17-14(3,4)5/h10-12,15H,6-9H2,1-5H3. The monoisotopic (exact) mass is 241 g/mol. The van der Waals surface area contributed by atoms with Crippen molar-refractivity contribution in [2.24, 2.45) is 11.8 Å². The topological polar surface area (TPSA) is 38.3 Å². The molecular formula is C14H27NO2. The third-order valence-electron chi connectivity index (χ3n) is 3.01. The lowest BCUT2D eigenvalue weighted by Crippen LogP contribution is -2.46. The van der Waals surface area contributed by atoms with Gasteiger partial charge in [0.1, 0.15) is 11.6 Å². The van der Waals surface area contributed by atoms with Gasteiger partial charge in [0.05, 0.1) is 0 Å². The highest BCUT2D eigenvalue weighted by Crippen LogP contribution is 2.22. The van der Waals surface area contributed by atoms with Gasteiger partial charge in [0.2, 0.25) is 0 Å². The minimum atomic E-state index is -0.381. The van der Waals surface area contributed by atoms with Gasteiger partial charge in [-0.3, -0.25) is 4.79 Å². The predicted octanol–water partition coefficient (Wildman–Crippen LogP) is 2.74. The summed E-state index contributed by atoms with van der Waals surface area (Å²) in [6.07, 6.45) is 3.29. The Kier molecular flexibility index (Phi) is 4.99. The van der Waals surface area contributed by atoms with E-state index in [2.05, 4.69) is 19.2 Å². The molecule has 2 unspecified atom stereocenters. The normalized spacial score (nSPS) is 26.0. The Bertz CT molecular complexity index is 247. The van der Waals surface area contributed by atoms with Crippen molar-refractivity contribution in [1.29, 1.82) is 0 Å². The van der Waals surface area contributed by atoms with Crippen LogP contribution in [0.3, 0.4) is 0 Å². The van der Waals surface area contributed by atoms with Crippen LogP contribution in [0.15, 0.2) is 0 Å². The Balaban J connectivity index is 2.34. The van der Waals surface area contributed by atoms with Crippen LogP contribution < -0.4 is 5.32 Å². The SMILES string of the molecule is CC(C)CC1CCC(C(=O)OC(C)(C)C)NC1. The van der Waals surface area contributed by atoms with Crippen LogP contribution in [-0.4, -0.2) is 24.2 Å². The number of esters is 1. The molecule has 0 radical (unpaired) electrons. The van der Waals surface area contributed by atoms with Crippen LogP contribution in [-0.2, 0) is 9.53 Å². The molecule has 17 heavy (non-hydrogen) atoms. The van der Waals surface area contributed by atoms with E-state index in [1.54, 1.807) is 0 Å². The number of carbonyl (C=O) groups excluding carboxylic acids is 1. The lowest BCUT2D eigenvalue weighted by atomic mass is 9.88. The third kappa shape index (κ3) is 5.53. The molecule has 1 N–H and O–H groups in total. The van der Waals surface area contributed by atoms with Gasteiger partial charge in [-0.25, -0.2) is 0 Å². The smallest absolute Gasteiger partial charge is 0.323 e. The zero-order valence-electron chi connectivity index (χ0n) is 11.9. The first-order chi connectivity index (χ1) is 7.78. The number of carbonyl (C=O) groups is 1. The molecule has 1 rings (SSSR count). The lowest BCUT2D eigenvalue weighted by molar-refractivity contribution is -0.158. The Morgan fingerprint density at radius 1 is 1.35 bits per heavy atom. The number of ether oxygens (including phenoxy) is 1. The molecule has 1 heterocycles. The van der Waals surface area contributed by atoms with Crippen molar-refractivity contribution in [2.75, 3.05) is 6.54 Å². The van der Waals surface area contributed by atoms with E-state index in [0.717, 1.165) is 25.3 Å². The van der Waals surface area contributed by atoms with Gasteiger partial charge in [0.25, 0.3) is 0 Å². The molecule has 0 saturated carbocycles. The zero-order valence-corrected chi connectivity index (χ0v) is 11.9. The zero-order chi connectivity index (χ0) is 13.1. The molecular weight excluding hydrogens is 214 g/mol. The summed E-state index contributed by atoms with van der Waals surface area (Å²) < 4.78 is 5.39. The summed E-state index contributed by atoms with van der Waals surface area (Å²) in [4.78, 5) is 11.9. The van der Waals surface area contributed by atoms with E-state index < -0.39 is 0 Å². The van der Waals surface area contributed by atoms with Crippen molar-refractivity contribution in [3.8, 4) is 0 Å². The quantitative estimate of drug-likeness (QED) is 0.772. The van der Waals surface area contributed by atoms with E-state index in [4.69, 9.17) is 4.74 Å². The highest BCUT2D eigenvalue weighted by Gasteiger charge is 2.29. The van der Waals surface area contributed by atoms with Gasteiger partial charge in [-0.05, 0) is 58.4 Å². The molecule has 0 spiro atoms. The molecule has 3 heteroatoms. The predicted molar refractivity (Wildman–Crippen MR) is 69.8 cm³/mol. The number of piperidine rings is 1. The molecule has 0 aromatic rings. The summed E-state index contributed by atoms with van der Waals surface area (Å²) in [5.41, 5.74) is -0.381. The van der Waals surface area contributed by atoms with Crippen LogP contribution in [0, 0.1) is 11.8 Å². The average molecular weight is 241 g/mol. The second-order valence-electron chi connectivity index (χ2n) is 6.57. The molecule has 3 nitrogen and oxygen atoms in total. The molecule has 1 aliphatic rings. The molecule has 0 amide bonds. The van der Waals surface area contributed by atoms with Gasteiger partial charge in [0.15, 0.2) is 0 Å². The molecule has 0 bridgehead atoms. The second-order valence-corrected chi connectivity index (χ2v) is 6.57. The van der Waals surface area contributed by atoms with Gasteiger partial charge in [-0.15, -0.1) is 0 Å². The summed E-state index contributed by atoms with van der Waals surface area (Å²) in [6, 6.07) is -0.0994. The fourth-order valence-electron chi connectivity index (χ4n) is 2.36. The first-order valence-electron chi connectivity index (χ1n) is 6.74. The van der Waals surface area contributed by atoms with Gasteiger partial charge in [-0.2, -0.15) is 0 Å². The van der Waals surface area contributed by atoms with Gasteiger partial charge < -0.3 is 10.1 Å². The van der Waals surface area contributed by atoms with Gasteiger partial charge in [-0.1, -0.05) is 13.8 Å². The van der Waals surface area contributed by atoms with E-state index in [-0.39, 0.29) is 17.6 Å². The van der Waals surface area contributed by atoms with E-state index in [0.29, 0.717) is 5.92 Å². The Hall–Kier alpha value is -0.570. The second kappa shape index (κ2) is 5.85. The van der Waals surface area contributed by atoms with Crippen LogP contribution in [0.2, 0.25) is 0 Å². The van der Waals surface area contributed by atoms with Crippen molar-refractivity contribution in [3.63, 3.8) is 0 Å². The highest BCUT2D eigenvalue weighted by atomic mass is 16.6. The number of rotatable bonds is 3. The van der Waals surface area contributed by atoms with Crippen molar-refractivity contribution >= 4 is 5.97 Å². The largest absolute Gasteiger partial charge is 0.459 e. The highest BCUT2D eigenvalue weighted by molar-refractivity contribution is 5.76. The molecule has 0 aromatic heterocycles. The van der Waals surface area contributed by atoms with E-state index in [9.17, 15) is 4.79 Å². The van der Waals surface area contributed by atoms with Crippen molar-refractivity contribution in [3.05, 3.63) is 0 Å². The number of nitrogens with one attached hydrogen (secondary N) is 1. The summed E-state index contributed by atoms with van der Waals surface area (Å²) in [5, 5.41) is 3.32. The third-order valence-corrected chi connectivity index (χ3v) is 3.01. The Morgan fingerprint density at radius 3 is 2.41 bits per heavy atom. The molecule has 1 aliphatic heterocycles. The molecule has 0 aromatic carbocycles. The fraction of sp³-hybridized carbons (Fsp3) is 0.929. The summed E-state index contributed by atoms with van der Waals surface area (Å²) >= 11 is 0. The van der Waals surface area contributed by atoms with Crippen molar-refractivity contribution < 1.29 is 9.53 Å². The maximum Gasteiger partial charge on any atom is 0.323 e. The van der Waals surface area contributed by atoms with Crippen LogP contribution in [0.5, 0.6) is 0 Å². The van der Waals surface area contributed by atoms with E-state index in [1.165, 1.54) is 6.42 Å². The number of hydrogen-bond donors (Lipinski definition) is 1. The van der Waals surface area contributed by atoms with Crippen LogP contribution >= 0.6 is 0 Å². The number of hydrogen-bond acceptors (Lipinski definition) is 3. The fourth-order valence-corrected chi connectivity index (χ4v) is 2.36. The first-order valence-corrected chi connectivity index (χ1v) is 6.74. The van der Waals surface area contributed by atoms with Gasteiger partial charge >= 0.3 is 5.97 Å². The summed E-state index contributed by atoms with van der Waals surface area (Å²) in [7, 11) is 0. The minimum absolute atomic E-state index is 0.0968. The minimum Gasteiger partial charge on any atom is -0.459 e. The van der Waals surface area contributed by atoms with E-state index in [1.807, 2.05) is 20.8 Å². The first kappa shape index (κ1) is 14.5. The van der Waals surface area contributed by atoms with Crippen molar-refractivity contribution in [2.45, 2.75) is 65.5 Å². The molecule has 2 atom stereocenters. The summed E-state index contributed by atoms with van der Waals surface area (Å²) in [6.45, 7) is 11.2. The van der Waals surface area contributed by atoms with Crippen molar-refractivity contribution in [1.82, 2.24) is 5.32 Å². The van der Waals surface area contributed by atoms with Crippen LogP contribution in [0.25, 0.3) is 0 Å². The van der Waals surface area contributed by atoms with Crippen LogP contribution in [0.4, 0.5) is 0 Å². The molecule has 100 valence electrons. The average Bonchev–Trinajstić information content (AvgIpc) is 2.15. The Morgan fingerprint density at radius 2 is 2.00 bits per heavy atom. The molecule has 1 saturated heterocycles. The molecule has 1 fully saturated rings. The maximum absolute atomic E-state index is 11.9. The van der Waals surface area contributed by atoms with Gasteiger partial charge in [0, 0.05) is 0 Å². The molecule has 0 aliphatic carbocycles. The van der Waals surface area contributed by atoms with E-state index >= 15 is 0 Å². The van der Waals surface area contributed by atoms with Crippen LogP contribution in [0.1, 0.15) is 53.9 Å². The summed E-state index contributed by atoms with van der Waals surface area (Å²) in [5.74, 6) is 1.36. The maximum atomic E-state index is 11.9.